The van der Waals surface area contributed by atoms with Gasteiger partial charge in [-0.25, -0.2) is 0 Å². The Morgan fingerprint density at radius 3 is 2.50 bits per heavy atom. The van der Waals surface area contributed by atoms with E-state index >= 15 is 0 Å². The number of rotatable bonds is 8. The maximum atomic E-state index is 11.7. The number of nitro benzene ring substituents is 1. The second-order valence-corrected chi connectivity index (χ2v) is 5.09. The van der Waals surface area contributed by atoms with Gasteiger partial charge in [0.25, 0.3) is 5.69 Å². The second-order valence-electron chi connectivity index (χ2n) is 5.09. The van der Waals surface area contributed by atoms with E-state index in [1.165, 1.54) is 18.2 Å². The van der Waals surface area contributed by atoms with Gasteiger partial charge in [0.2, 0.25) is 5.91 Å². The molecule has 124 valence electrons. The first-order chi connectivity index (χ1) is 11.7. The monoisotopic (exact) mass is 325 g/mol. The largest absolute Gasteiger partial charge is 0.385 e. The molecule has 2 aromatic rings. The van der Waals surface area contributed by atoms with Crippen LogP contribution in [-0.2, 0) is 4.79 Å². The number of nitrogens with one attached hydrogen (secondary N) is 2. The smallest absolute Gasteiger partial charge is 0.276 e. The predicted octanol–water partition coefficient (Wildman–Crippen LogP) is 3.23. The lowest BCUT2D eigenvalue weighted by Gasteiger charge is -2.06. The Bertz CT molecular complexity index is 714. The Balaban J connectivity index is 1.72. The van der Waals surface area contributed by atoms with Gasteiger partial charge >= 0.3 is 0 Å². The third kappa shape index (κ3) is 5.57. The van der Waals surface area contributed by atoms with Crippen molar-refractivity contribution in [3.63, 3.8) is 0 Å². The van der Waals surface area contributed by atoms with E-state index in [4.69, 9.17) is 0 Å². The molecule has 2 aromatic carbocycles. The summed E-state index contributed by atoms with van der Waals surface area (Å²) in [4.78, 5) is 22.2. The highest BCUT2D eigenvalue weighted by Crippen LogP contribution is 2.18. The van der Waals surface area contributed by atoms with Crippen LogP contribution >= 0.6 is 0 Å². The normalized spacial score (nSPS) is 10.5. The molecule has 2 N–H and O–H groups in total. The molecule has 0 fully saturated rings. The summed E-state index contributed by atoms with van der Waals surface area (Å²) < 4.78 is 0. The van der Waals surface area contributed by atoms with Crippen LogP contribution in [0.15, 0.2) is 60.7 Å². The van der Waals surface area contributed by atoms with Crippen LogP contribution in [0.5, 0.6) is 0 Å². The molecule has 0 aliphatic heterocycles. The number of carbonyl (C=O) groups is 1. The predicted molar refractivity (Wildman–Crippen MR) is 94.7 cm³/mol. The van der Waals surface area contributed by atoms with E-state index in [1.807, 2.05) is 30.3 Å². The molecule has 0 spiro atoms. The van der Waals surface area contributed by atoms with E-state index in [9.17, 15) is 14.9 Å². The summed E-state index contributed by atoms with van der Waals surface area (Å²) in [5, 5.41) is 16.9. The van der Waals surface area contributed by atoms with Crippen molar-refractivity contribution in [2.24, 2.45) is 0 Å². The molecule has 6 nitrogen and oxygen atoms in total. The minimum absolute atomic E-state index is 0.0198. The fourth-order valence-corrected chi connectivity index (χ4v) is 2.11. The van der Waals surface area contributed by atoms with Gasteiger partial charge in [0.15, 0.2) is 0 Å². The van der Waals surface area contributed by atoms with Gasteiger partial charge < -0.3 is 10.6 Å². The molecule has 0 aliphatic rings. The summed E-state index contributed by atoms with van der Waals surface area (Å²) in [5.41, 5.74) is 1.43. The van der Waals surface area contributed by atoms with Crippen LogP contribution in [-0.4, -0.2) is 23.9 Å². The third-order valence-corrected chi connectivity index (χ3v) is 3.30. The number of anilines is 1. The number of benzene rings is 2. The van der Waals surface area contributed by atoms with Gasteiger partial charge in [0.05, 0.1) is 10.5 Å². The van der Waals surface area contributed by atoms with Gasteiger partial charge in [-0.15, -0.1) is 0 Å². The summed E-state index contributed by atoms with van der Waals surface area (Å²) in [6.07, 6.45) is 3.54. The van der Waals surface area contributed by atoms with E-state index in [0.717, 1.165) is 18.7 Å². The number of carbonyl (C=O) groups excluding carboxylic acids is 1. The second kappa shape index (κ2) is 9.09. The van der Waals surface area contributed by atoms with Crippen LogP contribution in [0.25, 0.3) is 6.08 Å². The molecule has 0 saturated heterocycles. The zero-order valence-corrected chi connectivity index (χ0v) is 13.1. The van der Waals surface area contributed by atoms with E-state index in [1.54, 1.807) is 18.2 Å². The molecule has 0 unspecified atom stereocenters. The van der Waals surface area contributed by atoms with Gasteiger partial charge in [-0.1, -0.05) is 30.3 Å². The van der Waals surface area contributed by atoms with Crippen LogP contribution in [0.1, 0.15) is 12.0 Å². The number of hydrogen-bond donors (Lipinski definition) is 2. The zero-order chi connectivity index (χ0) is 17.2. The molecule has 6 heteroatoms. The van der Waals surface area contributed by atoms with Crippen molar-refractivity contribution in [2.75, 3.05) is 18.4 Å². The first-order valence-corrected chi connectivity index (χ1v) is 7.65. The maximum Gasteiger partial charge on any atom is 0.276 e. The van der Waals surface area contributed by atoms with E-state index in [-0.39, 0.29) is 11.6 Å². The molecule has 24 heavy (non-hydrogen) atoms. The van der Waals surface area contributed by atoms with Crippen LogP contribution in [0, 0.1) is 10.1 Å². The zero-order valence-electron chi connectivity index (χ0n) is 13.1. The maximum absolute atomic E-state index is 11.7. The number of para-hydroxylation sites is 2. The Morgan fingerprint density at radius 2 is 1.75 bits per heavy atom. The standard InChI is InChI=1S/C18H19N3O3/c22-18(12-11-15-7-4-5-10-17(15)21(23)24)20-14-6-13-19-16-8-2-1-3-9-16/h1-5,7-12,19H,6,13-14H2,(H,20,22). The van der Waals surface area contributed by atoms with Crippen molar-refractivity contribution in [1.29, 1.82) is 0 Å². The topological polar surface area (TPSA) is 84.3 Å². The van der Waals surface area contributed by atoms with E-state index in [2.05, 4.69) is 10.6 Å². The molecule has 0 aliphatic carbocycles. The lowest BCUT2D eigenvalue weighted by Crippen LogP contribution is -2.23. The van der Waals surface area contributed by atoms with Crippen LogP contribution < -0.4 is 10.6 Å². The van der Waals surface area contributed by atoms with Gasteiger partial charge in [0.1, 0.15) is 0 Å². The number of nitro groups is 1. The molecule has 0 atom stereocenters. The first-order valence-electron chi connectivity index (χ1n) is 7.65. The van der Waals surface area contributed by atoms with E-state index < -0.39 is 4.92 Å². The molecule has 0 aromatic heterocycles. The average Bonchev–Trinajstić information content (AvgIpc) is 2.60. The highest BCUT2D eigenvalue weighted by Gasteiger charge is 2.09. The van der Waals surface area contributed by atoms with Crippen molar-refractivity contribution >= 4 is 23.4 Å². The van der Waals surface area contributed by atoms with E-state index in [0.29, 0.717) is 12.1 Å². The highest BCUT2D eigenvalue weighted by atomic mass is 16.6. The minimum atomic E-state index is -0.465. The molecule has 0 saturated carbocycles. The first kappa shape index (κ1) is 17.2. The van der Waals surface area contributed by atoms with Crippen molar-refractivity contribution in [3.8, 4) is 0 Å². The van der Waals surface area contributed by atoms with Gasteiger partial charge in [-0.05, 0) is 30.7 Å². The third-order valence-electron chi connectivity index (χ3n) is 3.30. The fourth-order valence-electron chi connectivity index (χ4n) is 2.11. The fraction of sp³-hybridized carbons (Fsp3) is 0.167. The summed E-state index contributed by atoms with van der Waals surface area (Å²) >= 11 is 0. The van der Waals surface area contributed by atoms with Gasteiger partial charge in [-0.2, -0.15) is 0 Å². The summed E-state index contributed by atoms with van der Waals surface area (Å²) in [6, 6.07) is 16.1. The van der Waals surface area contributed by atoms with Crippen LogP contribution in [0.2, 0.25) is 0 Å². The molecular formula is C18H19N3O3. The average molecular weight is 325 g/mol. The molecule has 0 heterocycles. The van der Waals surface area contributed by atoms with Crippen LogP contribution in [0.3, 0.4) is 0 Å². The lowest BCUT2D eigenvalue weighted by molar-refractivity contribution is -0.385. The number of amides is 1. The molecule has 2 rings (SSSR count). The molecular weight excluding hydrogens is 306 g/mol. The quantitative estimate of drug-likeness (QED) is 0.338. The highest BCUT2D eigenvalue weighted by molar-refractivity contribution is 5.92. The molecule has 0 radical (unpaired) electrons. The Kier molecular flexibility index (Phi) is 6.52. The lowest BCUT2D eigenvalue weighted by atomic mass is 10.1. The Morgan fingerprint density at radius 1 is 1.04 bits per heavy atom. The molecule has 0 bridgehead atoms. The number of hydrogen-bond acceptors (Lipinski definition) is 4. The van der Waals surface area contributed by atoms with Crippen LogP contribution in [0.4, 0.5) is 11.4 Å². The summed E-state index contributed by atoms with van der Waals surface area (Å²) in [6.45, 7) is 1.28. The van der Waals surface area contributed by atoms with Gasteiger partial charge in [-0.3, -0.25) is 14.9 Å². The summed E-state index contributed by atoms with van der Waals surface area (Å²) in [7, 11) is 0. The van der Waals surface area contributed by atoms with Crippen molar-refractivity contribution in [3.05, 3.63) is 76.4 Å². The molecule has 1 amide bonds. The Labute approximate surface area is 140 Å². The summed E-state index contributed by atoms with van der Waals surface area (Å²) in [5.74, 6) is -0.270. The Hall–Kier alpha value is -3.15. The number of nitrogens with zero attached hydrogens (tertiary/aromatic N) is 1. The van der Waals surface area contributed by atoms with Crippen molar-refractivity contribution < 1.29 is 9.72 Å². The van der Waals surface area contributed by atoms with Crippen molar-refractivity contribution in [1.82, 2.24) is 5.32 Å². The van der Waals surface area contributed by atoms with Crippen molar-refractivity contribution in [2.45, 2.75) is 6.42 Å². The van der Waals surface area contributed by atoms with Gasteiger partial charge in [0, 0.05) is 30.9 Å². The minimum Gasteiger partial charge on any atom is -0.385 e. The SMILES string of the molecule is O=C(C=Cc1ccccc1[N+](=O)[O-])NCCCNc1ccccc1.